The molecule has 22 heavy (non-hydrogen) atoms. The van der Waals surface area contributed by atoms with Gasteiger partial charge < -0.3 is 9.64 Å². The molecule has 7 nitrogen and oxygen atoms in total. The first kappa shape index (κ1) is 16.7. The van der Waals surface area contributed by atoms with E-state index < -0.39 is 28.3 Å². The minimum Gasteiger partial charge on any atom is -0.452 e. The van der Waals surface area contributed by atoms with Crippen LogP contribution in [0.3, 0.4) is 0 Å². The van der Waals surface area contributed by atoms with Crippen LogP contribution in [0.25, 0.3) is 0 Å². The third kappa shape index (κ3) is 4.17. The molecule has 1 amide bonds. The Morgan fingerprint density at radius 3 is 2.73 bits per heavy atom. The van der Waals surface area contributed by atoms with Gasteiger partial charge >= 0.3 is 5.97 Å². The lowest BCUT2D eigenvalue weighted by atomic mass is 10.2. The number of sulfone groups is 1. The van der Waals surface area contributed by atoms with Gasteiger partial charge in [0.25, 0.3) is 5.91 Å². The van der Waals surface area contributed by atoms with Crippen LogP contribution in [0.4, 0.5) is 0 Å². The van der Waals surface area contributed by atoms with Gasteiger partial charge in [0.1, 0.15) is 5.15 Å². The van der Waals surface area contributed by atoms with Crippen LogP contribution in [-0.2, 0) is 19.4 Å². The molecule has 1 aliphatic rings. The van der Waals surface area contributed by atoms with E-state index in [1.165, 1.54) is 30.3 Å². The van der Waals surface area contributed by atoms with Gasteiger partial charge in [0.15, 0.2) is 16.4 Å². The standard InChI is InChI=1S/C13H15ClN2O5S/c1-16(10-4-5-22(19,20)8-10)12(17)7-21-13(18)9-2-3-11(14)15-6-9/h2-3,6,10H,4-5,7-8H2,1H3/t10-/m0/s1. The molecule has 9 heteroatoms. The maximum atomic E-state index is 11.9. The van der Waals surface area contributed by atoms with Crippen molar-refractivity contribution >= 4 is 33.3 Å². The summed E-state index contributed by atoms with van der Waals surface area (Å²) in [5.41, 5.74) is 0.184. The summed E-state index contributed by atoms with van der Waals surface area (Å²) in [7, 11) is -1.57. The molecule has 0 radical (unpaired) electrons. The number of halogens is 1. The van der Waals surface area contributed by atoms with Crippen LogP contribution < -0.4 is 0 Å². The first-order valence-corrected chi connectivity index (χ1v) is 8.73. The summed E-state index contributed by atoms with van der Waals surface area (Å²) in [6.07, 6.45) is 1.65. The van der Waals surface area contributed by atoms with Crippen molar-refractivity contribution in [3.8, 4) is 0 Å². The predicted octanol–water partition coefficient (Wildman–Crippen LogP) is 0.537. The van der Waals surface area contributed by atoms with Gasteiger partial charge in [-0.2, -0.15) is 0 Å². The van der Waals surface area contributed by atoms with Crippen molar-refractivity contribution in [2.75, 3.05) is 25.2 Å². The maximum Gasteiger partial charge on any atom is 0.340 e. The SMILES string of the molecule is CN(C(=O)COC(=O)c1ccc(Cl)nc1)[C@H]1CCS(=O)(=O)C1. The Hall–Kier alpha value is -1.67. The Balaban J connectivity index is 1.87. The normalized spacial score (nSPS) is 19.6. The summed E-state index contributed by atoms with van der Waals surface area (Å²) >= 11 is 5.61. The summed E-state index contributed by atoms with van der Waals surface area (Å²) in [6.45, 7) is -0.450. The summed E-state index contributed by atoms with van der Waals surface area (Å²) in [4.78, 5) is 28.7. The number of carbonyl (C=O) groups is 2. The Kier molecular flexibility index (Phi) is 5.02. The molecule has 120 valence electrons. The summed E-state index contributed by atoms with van der Waals surface area (Å²) < 4.78 is 27.7. The number of rotatable bonds is 4. The second-order valence-electron chi connectivity index (χ2n) is 5.01. The molecule has 0 bridgehead atoms. The number of likely N-dealkylation sites (N-methyl/N-ethyl adjacent to an activating group) is 1. The monoisotopic (exact) mass is 346 g/mol. The smallest absolute Gasteiger partial charge is 0.340 e. The molecule has 1 aliphatic heterocycles. The average molecular weight is 347 g/mol. The van der Waals surface area contributed by atoms with E-state index in [0.29, 0.717) is 6.42 Å². The summed E-state index contributed by atoms with van der Waals surface area (Å²) in [5.74, 6) is -1.11. The van der Waals surface area contributed by atoms with Crippen LogP contribution in [0.15, 0.2) is 18.3 Å². The minimum atomic E-state index is -3.07. The van der Waals surface area contributed by atoms with Crippen LogP contribution in [0.2, 0.25) is 5.15 Å². The molecule has 0 unspecified atom stereocenters. The summed E-state index contributed by atoms with van der Waals surface area (Å²) in [6, 6.07) is 2.51. The fraction of sp³-hybridized carbons (Fsp3) is 0.462. The first-order valence-electron chi connectivity index (χ1n) is 6.53. The molecule has 0 aliphatic carbocycles. The number of pyridine rings is 1. The third-order valence-corrected chi connectivity index (χ3v) is 5.41. The highest BCUT2D eigenvalue weighted by molar-refractivity contribution is 7.91. The second kappa shape index (κ2) is 6.62. The number of ether oxygens (including phenoxy) is 1. The zero-order chi connectivity index (χ0) is 16.3. The van der Waals surface area contributed by atoms with Crippen LogP contribution in [0.5, 0.6) is 0 Å². The predicted molar refractivity (Wildman–Crippen MR) is 79.4 cm³/mol. The number of hydrogen-bond acceptors (Lipinski definition) is 6. The van der Waals surface area contributed by atoms with Gasteiger partial charge in [-0.05, 0) is 18.6 Å². The molecule has 1 aromatic heterocycles. The van der Waals surface area contributed by atoms with E-state index in [-0.39, 0.29) is 28.3 Å². The van der Waals surface area contributed by atoms with Crippen LogP contribution in [0, 0.1) is 0 Å². The van der Waals surface area contributed by atoms with Crippen molar-refractivity contribution in [3.63, 3.8) is 0 Å². The molecular weight excluding hydrogens is 332 g/mol. The number of hydrogen-bond donors (Lipinski definition) is 0. The minimum absolute atomic E-state index is 0.0513. The Labute approximate surface area is 133 Å². The van der Waals surface area contributed by atoms with E-state index >= 15 is 0 Å². The lowest BCUT2D eigenvalue weighted by molar-refractivity contribution is -0.134. The van der Waals surface area contributed by atoms with E-state index in [9.17, 15) is 18.0 Å². The molecule has 0 spiro atoms. The van der Waals surface area contributed by atoms with Crippen LogP contribution in [-0.4, -0.2) is 61.4 Å². The fourth-order valence-electron chi connectivity index (χ4n) is 2.09. The fourth-order valence-corrected chi connectivity index (χ4v) is 3.98. The average Bonchev–Trinajstić information content (AvgIpc) is 2.84. The van der Waals surface area contributed by atoms with E-state index in [4.69, 9.17) is 16.3 Å². The highest BCUT2D eigenvalue weighted by Gasteiger charge is 2.32. The van der Waals surface area contributed by atoms with Crippen molar-refractivity contribution in [2.45, 2.75) is 12.5 Å². The Bertz CT molecular complexity index is 674. The molecular formula is C13H15ClN2O5S. The van der Waals surface area contributed by atoms with Gasteiger partial charge in [-0.1, -0.05) is 11.6 Å². The quantitative estimate of drug-likeness (QED) is 0.583. The molecule has 0 aromatic carbocycles. The van der Waals surface area contributed by atoms with Crippen molar-refractivity contribution < 1.29 is 22.7 Å². The zero-order valence-corrected chi connectivity index (χ0v) is 13.4. The lowest BCUT2D eigenvalue weighted by Crippen LogP contribution is -2.40. The van der Waals surface area contributed by atoms with Gasteiger partial charge in [-0.25, -0.2) is 18.2 Å². The topological polar surface area (TPSA) is 93.6 Å². The lowest BCUT2D eigenvalue weighted by Gasteiger charge is -2.23. The van der Waals surface area contributed by atoms with Gasteiger partial charge in [-0.3, -0.25) is 4.79 Å². The zero-order valence-electron chi connectivity index (χ0n) is 11.9. The maximum absolute atomic E-state index is 11.9. The molecule has 2 rings (SSSR count). The third-order valence-electron chi connectivity index (χ3n) is 3.44. The second-order valence-corrected chi connectivity index (χ2v) is 7.62. The Morgan fingerprint density at radius 1 is 1.45 bits per heavy atom. The van der Waals surface area contributed by atoms with Gasteiger partial charge in [0.05, 0.1) is 17.1 Å². The van der Waals surface area contributed by atoms with E-state index in [1.54, 1.807) is 0 Å². The number of esters is 1. The number of aromatic nitrogens is 1. The van der Waals surface area contributed by atoms with Crippen LogP contribution in [0.1, 0.15) is 16.8 Å². The van der Waals surface area contributed by atoms with Gasteiger partial charge in [-0.15, -0.1) is 0 Å². The molecule has 1 aromatic rings. The van der Waals surface area contributed by atoms with Crippen molar-refractivity contribution in [2.24, 2.45) is 0 Å². The van der Waals surface area contributed by atoms with E-state index in [0.717, 1.165) is 0 Å². The van der Waals surface area contributed by atoms with E-state index in [1.807, 2.05) is 0 Å². The van der Waals surface area contributed by atoms with Crippen molar-refractivity contribution in [3.05, 3.63) is 29.0 Å². The number of nitrogens with zero attached hydrogens (tertiary/aromatic N) is 2. The largest absolute Gasteiger partial charge is 0.452 e. The first-order chi connectivity index (χ1) is 10.3. The molecule has 2 heterocycles. The molecule has 0 N–H and O–H groups in total. The number of amides is 1. The van der Waals surface area contributed by atoms with Crippen molar-refractivity contribution in [1.82, 2.24) is 9.88 Å². The van der Waals surface area contributed by atoms with E-state index in [2.05, 4.69) is 4.98 Å². The van der Waals surface area contributed by atoms with Gasteiger partial charge in [0.2, 0.25) is 0 Å². The molecule has 1 atom stereocenters. The molecule has 0 saturated carbocycles. The molecule has 1 saturated heterocycles. The highest BCUT2D eigenvalue weighted by Crippen LogP contribution is 2.16. The van der Waals surface area contributed by atoms with Crippen molar-refractivity contribution in [1.29, 1.82) is 0 Å². The highest BCUT2D eigenvalue weighted by atomic mass is 35.5. The molecule has 1 fully saturated rings. The van der Waals surface area contributed by atoms with Gasteiger partial charge in [0, 0.05) is 19.3 Å². The Morgan fingerprint density at radius 2 is 2.18 bits per heavy atom. The summed E-state index contributed by atoms with van der Waals surface area (Å²) in [5, 5.41) is 0.245. The van der Waals surface area contributed by atoms with Crippen LogP contribution >= 0.6 is 11.6 Å². The number of carbonyl (C=O) groups excluding carboxylic acids is 2.